The predicted molar refractivity (Wildman–Crippen MR) is 112 cm³/mol. The summed E-state index contributed by atoms with van der Waals surface area (Å²) in [6.45, 7) is 2.03. The van der Waals surface area contributed by atoms with Crippen LogP contribution in [0.1, 0.15) is 30.9 Å². The lowest BCUT2D eigenvalue weighted by Gasteiger charge is -2.28. The number of halogens is 3. The third-order valence-corrected chi connectivity index (χ3v) is 5.35. The second-order valence-corrected chi connectivity index (χ2v) is 7.62. The number of hydrogen-bond donors (Lipinski definition) is 3. The molecule has 0 aliphatic heterocycles. The summed E-state index contributed by atoms with van der Waals surface area (Å²) in [6.07, 6.45) is -0.167. The van der Waals surface area contributed by atoms with E-state index in [-0.39, 0.29) is 5.91 Å². The van der Waals surface area contributed by atoms with Crippen LogP contribution in [0.25, 0.3) is 0 Å². The number of ether oxygens (including phenoxy) is 1. The van der Waals surface area contributed by atoms with Crippen LogP contribution in [-0.2, 0) is 26.4 Å². The standard InChI is InChI=1S/C20H23N3O4.C2HF3O2/c1-14(18(24)22-26)23(2)19(25)20(9-10-20)16-3-5-17(6-4-16)27-13-15-7-11-21-12-8-15;3-2(4,5)1(6)7/h3-8,11-12,14,26H,9-10,13H2,1-2H3,(H,22,24);(H,6,7)/t14-;/m0./s1. The van der Waals surface area contributed by atoms with Crippen LogP contribution in [0.2, 0.25) is 0 Å². The molecule has 1 aliphatic carbocycles. The largest absolute Gasteiger partial charge is 0.490 e. The van der Waals surface area contributed by atoms with Crippen molar-refractivity contribution in [3.63, 3.8) is 0 Å². The molecule has 1 heterocycles. The summed E-state index contributed by atoms with van der Waals surface area (Å²) >= 11 is 0. The molecule has 0 saturated heterocycles. The Morgan fingerprint density at radius 1 is 1.15 bits per heavy atom. The van der Waals surface area contributed by atoms with Crippen LogP contribution in [0.3, 0.4) is 0 Å². The zero-order valence-electron chi connectivity index (χ0n) is 18.4. The van der Waals surface area contributed by atoms with Gasteiger partial charge in [0, 0.05) is 19.4 Å². The highest BCUT2D eigenvalue weighted by molar-refractivity contribution is 5.94. The van der Waals surface area contributed by atoms with Crippen molar-refractivity contribution in [2.75, 3.05) is 7.05 Å². The number of alkyl halides is 3. The zero-order chi connectivity index (χ0) is 25.5. The van der Waals surface area contributed by atoms with Gasteiger partial charge < -0.3 is 14.7 Å². The number of likely N-dealkylation sites (N-methyl/N-ethyl adjacent to an activating group) is 1. The highest BCUT2D eigenvalue weighted by Crippen LogP contribution is 2.50. The molecule has 1 saturated carbocycles. The maximum Gasteiger partial charge on any atom is 0.490 e. The molecule has 1 aliphatic rings. The second kappa shape index (κ2) is 11.0. The molecule has 1 aromatic heterocycles. The second-order valence-electron chi connectivity index (χ2n) is 7.62. The number of nitrogens with zero attached hydrogens (tertiary/aromatic N) is 2. The SMILES string of the molecule is C[C@@H](C(=O)NO)N(C)C(=O)C1(c2ccc(OCc3ccncc3)cc2)CC1.O=C(O)C(F)(F)F. The maximum absolute atomic E-state index is 12.9. The lowest BCUT2D eigenvalue weighted by molar-refractivity contribution is -0.192. The van der Waals surface area contributed by atoms with Crippen molar-refractivity contribution in [2.24, 2.45) is 0 Å². The molecular formula is C22H24F3N3O6. The average molecular weight is 483 g/mol. The van der Waals surface area contributed by atoms with Gasteiger partial charge in [0.1, 0.15) is 18.4 Å². The average Bonchev–Trinajstić information content (AvgIpc) is 3.63. The summed E-state index contributed by atoms with van der Waals surface area (Å²) in [7, 11) is 1.58. The molecule has 1 aromatic carbocycles. The fourth-order valence-electron chi connectivity index (χ4n) is 3.05. The fraction of sp³-hybridized carbons (Fsp3) is 0.364. The Balaban J connectivity index is 0.000000509. The minimum Gasteiger partial charge on any atom is -0.489 e. The number of nitrogens with one attached hydrogen (secondary N) is 1. The first kappa shape index (κ1) is 26.6. The van der Waals surface area contributed by atoms with Gasteiger partial charge in [0.2, 0.25) is 5.91 Å². The third kappa shape index (κ3) is 6.67. The zero-order valence-corrected chi connectivity index (χ0v) is 18.4. The van der Waals surface area contributed by atoms with Gasteiger partial charge in [0.05, 0.1) is 5.41 Å². The Morgan fingerprint density at radius 3 is 2.12 bits per heavy atom. The van der Waals surface area contributed by atoms with E-state index in [0.29, 0.717) is 6.61 Å². The normalized spacial score (nSPS) is 14.6. The highest BCUT2D eigenvalue weighted by Gasteiger charge is 2.53. The molecule has 1 atom stereocenters. The van der Waals surface area contributed by atoms with Gasteiger partial charge in [0.25, 0.3) is 5.91 Å². The van der Waals surface area contributed by atoms with Crippen LogP contribution >= 0.6 is 0 Å². The number of rotatable bonds is 7. The number of carboxylic acids is 1. The number of amides is 2. The molecule has 184 valence electrons. The number of benzene rings is 1. The summed E-state index contributed by atoms with van der Waals surface area (Å²) in [5, 5.41) is 15.9. The smallest absolute Gasteiger partial charge is 0.489 e. The Morgan fingerprint density at radius 2 is 1.68 bits per heavy atom. The first-order chi connectivity index (χ1) is 15.9. The van der Waals surface area contributed by atoms with Crippen molar-refractivity contribution in [1.82, 2.24) is 15.4 Å². The third-order valence-electron chi connectivity index (χ3n) is 5.35. The molecule has 2 amide bonds. The van der Waals surface area contributed by atoms with Gasteiger partial charge >= 0.3 is 12.1 Å². The van der Waals surface area contributed by atoms with E-state index >= 15 is 0 Å². The number of carbonyl (C=O) groups is 3. The summed E-state index contributed by atoms with van der Waals surface area (Å²) in [4.78, 5) is 38.8. The fourth-order valence-corrected chi connectivity index (χ4v) is 3.05. The molecule has 9 nitrogen and oxygen atoms in total. The minimum absolute atomic E-state index is 0.121. The molecule has 2 aromatic rings. The topological polar surface area (TPSA) is 129 Å². The molecular weight excluding hydrogens is 459 g/mol. The molecule has 1 fully saturated rings. The summed E-state index contributed by atoms with van der Waals surface area (Å²) in [6, 6.07) is 10.6. The Labute approximate surface area is 193 Å². The quantitative estimate of drug-likeness (QED) is 0.408. The van der Waals surface area contributed by atoms with Crippen molar-refractivity contribution in [1.29, 1.82) is 0 Å². The van der Waals surface area contributed by atoms with Gasteiger partial charge in [-0.1, -0.05) is 12.1 Å². The van der Waals surface area contributed by atoms with Crippen molar-refractivity contribution in [3.8, 4) is 5.75 Å². The van der Waals surface area contributed by atoms with E-state index in [2.05, 4.69) is 4.98 Å². The molecule has 0 bridgehead atoms. The molecule has 12 heteroatoms. The molecule has 34 heavy (non-hydrogen) atoms. The summed E-state index contributed by atoms with van der Waals surface area (Å²) in [5.74, 6) is -2.77. The first-order valence-electron chi connectivity index (χ1n) is 10.1. The number of aromatic nitrogens is 1. The number of aliphatic carboxylic acids is 1. The molecule has 0 spiro atoms. The van der Waals surface area contributed by atoms with Crippen LogP contribution in [0, 0.1) is 0 Å². The summed E-state index contributed by atoms with van der Waals surface area (Å²) < 4.78 is 37.5. The van der Waals surface area contributed by atoms with Gasteiger partial charge in [-0.25, -0.2) is 10.3 Å². The van der Waals surface area contributed by atoms with E-state index < -0.39 is 29.5 Å². The number of carboxylic acid groups (broad SMARTS) is 1. The lowest BCUT2D eigenvalue weighted by atomic mass is 9.94. The number of pyridine rings is 1. The van der Waals surface area contributed by atoms with Gasteiger partial charge in [-0.2, -0.15) is 13.2 Å². The lowest BCUT2D eigenvalue weighted by Crippen LogP contribution is -2.48. The number of carbonyl (C=O) groups excluding carboxylic acids is 2. The van der Waals surface area contributed by atoms with Crippen LogP contribution in [0.5, 0.6) is 5.75 Å². The number of hydroxylamine groups is 1. The molecule has 0 radical (unpaired) electrons. The van der Waals surface area contributed by atoms with Crippen molar-refractivity contribution in [3.05, 3.63) is 59.9 Å². The predicted octanol–water partition coefficient (Wildman–Crippen LogP) is 2.68. The maximum atomic E-state index is 12.9. The van der Waals surface area contributed by atoms with Crippen LogP contribution in [0.4, 0.5) is 13.2 Å². The van der Waals surface area contributed by atoms with E-state index in [1.54, 1.807) is 31.8 Å². The Hall–Kier alpha value is -3.67. The van der Waals surface area contributed by atoms with Crippen LogP contribution in [0.15, 0.2) is 48.8 Å². The molecule has 0 unspecified atom stereocenters. The Kier molecular flexibility index (Phi) is 8.57. The monoisotopic (exact) mass is 483 g/mol. The van der Waals surface area contributed by atoms with Gasteiger partial charge in [-0.15, -0.1) is 0 Å². The van der Waals surface area contributed by atoms with E-state index in [4.69, 9.17) is 19.8 Å². The van der Waals surface area contributed by atoms with E-state index in [1.165, 1.54) is 4.90 Å². The van der Waals surface area contributed by atoms with Crippen LogP contribution in [-0.4, -0.2) is 57.2 Å². The van der Waals surface area contributed by atoms with Crippen LogP contribution < -0.4 is 10.2 Å². The van der Waals surface area contributed by atoms with Crippen molar-refractivity contribution in [2.45, 2.75) is 44.0 Å². The van der Waals surface area contributed by atoms with Gasteiger partial charge in [0.15, 0.2) is 0 Å². The van der Waals surface area contributed by atoms with E-state index in [1.807, 2.05) is 36.4 Å². The highest BCUT2D eigenvalue weighted by atomic mass is 19.4. The minimum atomic E-state index is -5.08. The summed E-state index contributed by atoms with van der Waals surface area (Å²) in [5.41, 5.74) is 2.94. The molecule has 3 N–H and O–H groups in total. The van der Waals surface area contributed by atoms with Crippen molar-refractivity contribution < 1.29 is 42.6 Å². The van der Waals surface area contributed by atoms with Gasteiger partial charge in [-0.3, -0.25) is 19.8 Å². The van der Waals surface area contributed by atoms with E-state index in [0.717, 1.165) is 29.7 Å². The van der Waals surface area contributed by atoms with Crippen molar-refractivity contribution >= 4 is 17.8 Å². The Bertz CT molecular complexity index is 995. The van der Waals surface area contributed by atoms with E-state index in [9.17, 15) is 22.8 Å². The molecule has 3 rings (SSSR count). The first-order valence-corrected chi connectivity index (χ1v) is 10.1. The van der Waals surface area contributed by atoms with Gasteiger partial charge in [-0.05, 0) is 55.2 Å². The number of hydrogen-bond acceptors (Lipinski definition) is 6.